The minimum absolute atomic E-state index is 0.154. The van der Waals surface area contributed by atoms with E-state index in [1.54, 1.807) is 0 Å². The van der Waals surface area contributed by atoms with Gasteiger partial charge in [-0.2, -0.15) is 0 Å². The van der Waals surface area contributed by atoms with Gasteiger partial charge in [0.05, 0.1) is 0 Å². The van der Waals surface area contributed by atoms with E-state index in [1.807, 2.05) is 12.1 Å². The third kappa shape index (κ3) is 4.22. The molecular formula is C17H25FO. The van der Waals surface area contributed by atoms with Crippen LogP contribution >= 0.6 is 0 Å². The standard InChI is InChI=1S/C17H25FO/c1-2-3-14-4-6-15(7-5-14)16-8-10-17(11-9-16)19-13-12-18/h8-11,14-15H,2-7,12-13H2,1H3. The van der Waals surface area contributed by atoms with Gasteiger partial charge in [-0.15, -0.1) is 0 Å². The summed E-state index contributed by atoms with van der Waals surface area (Å²) in [6.07, 6.45) is 8.08. The molecule has 0 unspecified atom stereocenters. The van der Waals surface area contributed by atoms with Crippen molar-refractivity contribution < 1.29 is 9.13 Å². The summed E-state index contributed by atoms with van der Waals surface area (Å²) in [6, 6.07) is 8.25. The second-order valence-electron chi connectivity index (χ2n) is 5.61. The highest BCUT2D eigenvalue weighted by molar-refractivity contribution is 5.29. The molecule has 1 fully saturated rings. The van der Waals surface area contributed by atoms with Gasteiger partial charge < -0.3 is 4.74 Å². The van der Waals surface area contributed by atoms with Crippen LogP contribution in [0.4, 0.5) is 4.39 Å². The van der Waals surface area contributed by atoms with Crippen LogP contribution in [0.5, 0.6) is 5.75 Å². The smallest absolute Gasteiger partial charge is 0.123 e. The summed E-state index contributed by atoms with van der Waals surface area (Å²) in [5.74, 6) is 2.44. The van der Waals surface area contributed by atoms with E-state index in [1.165, 1.54) is 44.1 Å². The SMILES string of the molecule is CCCC1CCC(c2ccc(OCCF)cc2)CC1. The quantitative estimate of drug-likeness (QED) is 0.694. The average Bonchev–Trinajstić information content (AvgIpc) is 2.47. The molecule has 106 valence electrons. The minimum atomic E-state index is -0.427. The fourth-order valence-corrected chi connectivity index (χ4v) is 3.19. The molecule has 19 heavy (non-hydrogen) atoms. The summed E-state index contributed by atoms with van der Waals surface area (Å²) in [5.41, 5.74) is 1.42. The van der Waals surface area contributed by atoms with Gasteiger partial charge in [0.25, 0.3) is 0 Å². The van der Waals surface area contributed by atoms with Crippen LogP contribution in [0.15, 0.2) is 24.3 Å². The van der Waals surface area contributed by atoms with Crippen molar-refractivity contribution in [3.63, 3.8) is 0 Å². The molecule has 1 saturated carbocycles. The summed E-state index contributed by atoms with van der Waals surface area (Å²) in [6.45, 7) is 2.01. The maximum Gasteiger partial charge on any atom is 0.123 e. The molecule has 0 N–H and O–H groups in total. The third-order valence-corrected chi connectivity index (χ3v) is 4.24. The second-order valence-corrected chi connectivity index (χ2v) is 5.61. The number of rotatable bonds is 6. The van der Waals surface area contributed by atoms with Gasteiger partial charge in [0.1, 0.15) is 19.0 Å². The topological polar surface area (TPSA) is 9.23 Å². The van der Waals surface area contributed by atoms with Gasteiger partial charge in [0.15, 0.2) is 0 Å². The number of benzene rings is 1. The molecule has 2 heteroatoms. The number of halogens is 1. The van der Waals surface area contributed by atoms with Gasteiger partial charge in [-0.05, 0) is 55.2 Å². The van der Waals surface area contributed by atoms with Gasteiger partial charge >= 0.3 is 0 Å². The van der Waals surface area contributed by atoms with E-state index in [-0.39, 0.29) is 6.61 Å². The van der Waals surface area contributed by atoms with Crippen LogP contribution in [0.2, 0.25) is 0 Å². The molecule has 1 nitrogen and oxygen atoms in total. The predicted molar refractivity (Wildman–Crippen MR) is 77.5 cm³/mol. The molecule has 0 spiro atoms. The van der Waals surface area contributed by atoms with Crippen LogP contribution in [0.25, 0.3) is 0 Å². The number of hydrogen-bond donors (Lipinski definition) is 0. The van der Waals surface area contributed by atoms with Crippen molar-refractivity contribution in [3.05, 3.63) is 29.8 Å². The fraction of sp³-hybridized carbons (Fsp3) is 0.647. The second kappa shape index (κ2) is 7.52. The van der Waals surface area contributed by atoms with Crippen molar-refractivity contribution in [2.75, 3.05) is 13.3 Å². The van der Waals surface area contributed by atoms with Crippen LogP contribution in [-0.4, -0.2) is 13.3 Å². The normalized spacial score (nSPS) is 23.3. The largest absolute Gasteiger partial charge is 0.491 e. The summed E-state index contributed by atoms with van der Waals surface area (Å²) in [5, 5.41) is 0. The Hall–Kier alpha value is -1.05. The van der Waals surface area contributed by atoms with E-state index < -0.39 is 6.67 Å². The number of alkyl halides is 1. The molecule has 1 aliphatic rings. The van der Waals surface area contributed by atoms with Crippen LogP contribution in [0.3, 0.4) is 0 Å². The van der Waals surface area contributed by atoms with Crippen LogP contribution in [0.1, 0.15) is 56.9 Å². The number of hydrogen-bond acceptors (Lipinski definition) is 1. The van der Waals surface area contributed by atoms with E-state index in [9.17, 15) is 4.39 Å². The molecule has 1 aromatic rings. The first kappa shape index (κ1) is 14.4. The molecule has 0 amide bonds. The van der Waals surface area contributed by atoms with Gasteiger partial charge in [0, 0.05) is 0 Å². The van der Waals surface area contributed by atoms with Crippen molar-refractivity contribution in [2.45, 2.75) is 51.4 Å². The molecule has 1 aliphatic carbocycles. The molecule has 0 heterocycles. The predicted octanol–water partition coefficient (Wildman–Crippen LogP) is 5.11. The zero-order valence-corrected chi connectivity index (χ0v) is 11.9. The van der Waals surface area contributed by atoms with Crippen molar-refractivity contribution in [1.29, 1.82) is 0 Å². The molecule has 1 aromatic carbocycles. The Labute approximate surface area is 116 Å². The van der Waals surface area contributed by atoms with Gasteiger partial charge in [-0.25, -0.2) is 4.39 Å². The summed E-state index contributed by atoms with van der Waals surface area (Å²) >= 11 is 0. The lowest BCUT2D eigenvalue weighted by Crippen LogP contribution is -2.13. The summed E-state index contributed by atoms with van der Waals surface area (Å²) in [7, 11) is 0. The van der Waals surface area contributed by atoms with E-state index >= 15 is 0 Å². The monoisotopic (exact) mass is 264 g/mol. The lowest BCUT2D eigenvalue weighted by Gasteiger charge is -2.28. The first-order valence-electron chi connectivity index (χ1n) is 7.62. The van der Waals surface area contributed by atoms with Crippen molar-refractivity contribution in [1.82, 2.24) is 0 Å². The van der Waals surface area contributed by atoms with Gasteiger partial charge in [-0.3, -0.25) is 0 Å². The highest BCUT2D eigenvalue weighted by Crippen LogP contribution is 2.37. The van der Waals surface area contributed by atoms with E-state index in [2.05, 4.69) is 19.1 Å². The Bertz CT molecular complexity index is 352. The molecule has 0 aliphatic heterocycles. The Morgan fingerprint density at radius 1 is 1.11 bits per heavy atom. The Balaban J connectivity index is 1.85. The zero-order valence-electron chi connectivity index (χ0n) is 11.9. The van der Waals surface area contributed by atoms with Crippen LogP contribution in [-0.2, 0) is 0 Å². The molecule has 0 saturated heterocycles. The van der Waals surface area contributed by atoms with Gasteiger partial charge in [0.2, 0.25) is 0 Å². The minimum Gasteiger partial charge on any atom is -0.491 e. The Morgan fingerprint density at radius 3 is 2.37 bits per heavy atom. The van der Waals surface area contributed by atoms with E-state index in [0.29, 0.717) is 5.92 Å². The molecule has 2 rings (SSSR count). The first-order valence-corrected chi connectivity index (χ1v) is 7.62. The molecule has 0 aromatic heterocycles. The van der Waals surface area contributed by atoms with Crippen LogP contribution < -0.4 is 4.74 Å². The Kier molecular flexibility index (Phi) is 5.68. The highest BCUT2D eigenvalue weighted by Gasteiger charge is 2.21. The maximum atomic E-state index is 12.0. The van der Waals surface area contributed by atoms with Crippen molar-refractivity contribution in [3.8, 4) is 5.75 Å². The molecule has 0 radical (unpaired) electrons. The third-order valence-electron chi connectivity index (χ3n) is 4.24. The number of ether oxygens (including phenoxy) is 1. The van der Waals surface area contributed by atoms with Gasteiger partial charge in [-0.1, -0.05) is 31.9 Å². The van der Waals surface area contributed by atoms with Crippen molar-refractivity contribution >= 4 is 0 Å². The summed E-state index contributed by atoms with van der Waals surface area (Å²) < 4.78 is 17.3. The Morgan fingerprint density at radius 2 is 1.79 bits per heavy atom. The zero-order chi connectivity index (χ0) is 13.5. The lowest BCUT2D eigenvalue weighted by molar-refractivity contribution is 0.273. The average molecular weight is 264 g/mol. The summed E-state index contributed by atoms with van der Waals surface area (Å²) in [4.78, 5) is 0. The fourth-order valence-electron chi connectivity index (χ4n) is 3.19. The first-order chi connectivity index (χ1) is 9.33. The van der Waals surface area contributed by atoms with E-state index in [0.717, 1.165) is 11.7 Å². The maximum absolute atomic E-state index is 12.0. The molecule has 0 bridgehead atoms. The van der Waals surface area contributed by atoms with Crippen LogP contribution in [0, 0.1) is 5.92 Å². The molecular weight excluding hydrogens is 239 g/mol. The molecule has 0 atom stereocenters. The van der Waals surface area contributed by atoms with Crippen molar-refractivity contribution in [2.24, 2.45) is 5.92 Å². The highest BCUT2D eigenvalue weighted by atomic mass is 19.1. The lowest BCUT2D eigenvalue weighted by atomic mass is 9.77. The van der Waals surface area contributed by atoms with E-state index in [4.69, 9.17) is 4.74 Å².